The van der Waals surface area contributed by atoms with Crippen molar-refractivity contribution in [3.63, 3.8) is 0 Å². The average Bonchev–Trinajstić information content (AvgIpc) is 2.48. The van der Waals surface area contributed by atoms with Gasteiger partial charge in [0.25, 0.3) is 0 Å². The van der Waals surface area contributed by atoms with Gasteiger partial charge >= 0.3 is 0 Å². The van der Waals surface area contributed by atoms with E-state index in [0.717, 1.165) is 0 Å². The Labute approximate surface area is 113 Å². The van der Waals surface area contributed by atoms with E-state index in [0.29, 0.717) is 5.30 Å². The topological polar surface area (TPSA) is 49.3 Å². The molecule has 3 nitrogen and oxygen atoms in total. The second-order valence-corrected chi connectivity index (χ2v) is 10.3. The van der Waals surface area contributed by atoms with Gasteiger partial charge < -0.3 is 4.89 Å². The summed E-state index contributed by atoms with van der Waals surface area (Å²) in [5.41, 5.74) is 0. The molecule has 18 heavy (non-hydrogen) atoms. The zero-order valence-corrected chi connectivity index (χ0v) is 12.9. The van der Waals surface area contributed by atoms with Crippen LogP contribution in [0.3, 0.4) is 0 Å². The molecular formula is C13H20NO2PS. The highest BCUT2D eigenvalue weighted by Crippen LogP contribution is 2.58. The molecule has 0 spiro atoms. The minimum atomic E-state index is -3.43. The molecule has 0 aromatic heterocycles. The lowest BCUT2D eigenvalue weighted by atomic mass is 10.2. The Bertz CT molecular complexity index is 487. The van der Waals surface area contributed by atoms with E-state index in [4.69, 9.17) is 0 Å². The van der Waals surface area contributed by atoms with Crippen LogP contribution in [0, 0.1) is 0 Å². The molecule has 1 fully saturated rings. The normalized spacial score (nSPS) is 28.8. The van der Waals surface area contributed by atoms with Crippen molar-refractivity contribution in [1.29, 1.82) is 0 Å². The van der Waals surface area contributed by atoms with Gasteiger partial charge in [-0.1, -0.05) is 18.2 Å². The van der Waals surface area contributed by atoms with Crippen molar-refractivity contribution in [2.45, 2.75) is 43.1 Å². The molecule has 2 N–H and O–H groups in total. The smallest absolute Gasteiger partial charge is 0.247 e. The first kappa shape index (κ1) is 14.1. The van der Waals surface area contributed by atoms with Gasteiger partial charge in [-0.2, -0.15) is 0 Å². The van der Waals surface area contributed by atoms with Crippen LogP contribution in [0.1, 0.15) is 27.7 Å². The van der Waals surface area contributed by atoms with Crippen molar-refractivity contribution in [1.82, 2.24) is 5.32 Å². The molecule has 0 bridgehead atoms. The van der Waals surface area contributed by atoms with Gasteiger partial charge in [-0.15, -0.1) is 11.8 Å². The van der Waals surface area contributed by atoms with Crippen molar-refractivity contribution in [2.75, 3.05) is 0 Å². The van der Waals surface area contributed by atoms with Crippen LogP contribution in [-0.2, 0) is 4.57 Å². The van der Waals surface area contributed by atoms with Crippen LogP contribution in [0.25, 0.3) is 0 Å². The maximum absolute atomic E-state index is 12.8. The molecule has 5 heteroatoms. The van der Waals surface area contributed by atoms with E-state index >= 15 is 0 Å². The van der Waals surface area contributed by atoms with Crippen molar-refractivity contribution < 1.29 is 9.46 Å². The summed E-state index contributed by atoms with van der Waals surface area (Å²) in [5.74, 6) is -0.424. The Morgan fingerprint density at radius 1 is 1.22 bits per heavy atom. The van der Waals surface area contributed by atoms with Crippen molar-refractivity contribution in [3.05, 3.63) is 30.3 Å². The molecule has 0 radical (unpaired) electrons. The van der Waals surface area contributed by atoms with Crippen LogP contribution in [0.4, 0.5) is 0 Å². The second kappa shape index (κ2) is 4.38. The fourth-order valence-electron chi connectivity index (χ4n) is 2.55. The minimum absolute atomic E-state index is 0.179. The molecule has 0 saturated carbocycles. The number of thioether (sulfide) groups is 1. The monoisotopic (exact) mass is 285 g/mol. The highest BCUT2D eigenvalue weighted by Gasteiger charge is 2.53. The van der Waals surface area contributed by atoms with E-state index in [1.165, 1.54) is 0 Å². The summed E-state index contributed by atoms with van der Waals surface area (Å²) >= 11 is 1.71. The van der Waals surface area contributed by atoms with Crippen LogP contribution < -0.4 is 10.6 Å². The van der Waals surface area contributed by atoms with E-state index in [1.54, 1.807) is 36.0 Å². The molecule has 1 aliphatic rings. The summed E-state index contributed by atoms with van der Waals surface area (Å²) in [6.45, 7) is 8.14. The van der Waals surface area contributed by atoms with Crippen LogP contribution >= 0.6 is 19.1 Å². The summed E-state index contributed by atoms with van der Waals surface area (Å²) < 4.78 is 12.5. The number of hydrogen-bond donors (Lipinski definition) is 2. The Kier molecular flexibility index (Phi) is 3.44. The van der Waals surface area contributed by atoms with E-state index in [-0.39, 0.29) is 9.62 Å². The lowest BCUT2D eigenvalue weighted by molar-refractivity contribution is 0.426. The first-order chi connectivity index (χ1) is 8.15. The van der Waals surface area contributed by atoms with Crippen LogP contribution in [-0.4, -0.2) is 20.3 Å². The highest BCUT2D eigenvalue weighted by atomic mass is 32.2. The zero-order valence-electron chi connectivity index (χ0n) is 11.2. The van der Waals surface area contributed by atoms with Gasteiger partial charge in [0.1, 0.15) is 5.78 Å². The minimum Gasteiger partial charge on any atom is -0.340 e. The standard InChI is InChI=1S/C13H20NO2PS/c1-12(2)11(14-13(3,4)18-12)17(15,16)10-8-6-5-7-9-10/h5-9,11,14H,1-4H3,(H,15,16). The zero-order chi connectivity index (χ0) is 13.6. The molecule has 1 saturated heterocycles. The largest absolute Gasteiger partial charge is 0.340 e. The molecular weight excluding hydrogens is 265 g/mol. The van der Waals surface area contributed by atoms with Gasteiger partial charge in [-0.3, -0.25) is 9.88 Å². The van der Waals surface area contributed by atoms with E-state index in [2.05, 4.69) is 5.32 Å². The number of nitrogens with one attached hydrogen (secondary N) is 1. The Balaban J connectivity index is 2.40. The number of hydrogen-bond acceptors (Lipinski definition) is 3. The van der Waals surface area contributed by atoms with Gasteiger partial charge in [-0.25, -0.2) is 0 Å². The molecule has 1 aromatic carbocycles. The Hall–Kier alpha value is -0.280. The molecule has 1 aromatic rings. The summed E-state index contributed by atoms with van der Waals surface area (Å²) in [7, 11) is -3.43. The van der Waals surface area contributed by atoms with Gasteiger partial charge in [0.05, 0.1) is 4.87 Å². The van der Waals surface area contributed by atoms with Crippen LogP contribution in [0.15, 0.2) is 30.3 Å². The number of rotatable bonds is 2. The van der Waals surface area contributed by atoms with Gasteiger partial charge in [0, 0.05) is 10.1 Å². The second-order valence-electron chi connectivity index (χ2n) is 5.72. The molecule has 2 rings (SSSR count). The van der Waals surface area contributed by atoms with Crippen LogP contribution in [0.5, 0.6) is 0 Å². The maximum Gasteiger partial charge on any atom is 0.247 e. The summed E-state index contributed by atoms with van der Waals surface area (Å²) in [6, 6.07) is 8.93. The van der Waals surface area contributed by atoms with E-state index in [1.807, 2.05) is 33.8 Å². The fraction of sp³-hybridized carbons (Fsp3) is 0.538. The Morgan fingerprint density at radius 2 is 1.78 bits per heavy atom. The van der Waals surface area contributed by atoms with Crippen LogP contribution in [0.2, 0.25) is 0 Å². The summed E-state index contributed by atoms with van der Waals surface area (Å²) in [4.78, 5) is 10.4. The fourth-order valence-corrected chi connectivity index (χ4v) is 7.12. The van der Waals surface area contributed by atoms with Gasteiger partial charge in [-0.05, 0) is 39.8 Å². The molecule has 2 atom stereocenters. The molecule has 100 valence electrons. The first-order valence-electron chi connectivity index (χ1n) is 6.01. The lowest BCUT2D eigenvalue weighted by Gasteiger charge is -2.29. The quantitative estimate of drug-likeness (QED) is 0.820. The third-order valence-corrected chi connectivity index (χ3v) is 7.21. The molecule has 1 heterocycles. The van der Waals surface area contributed by atoms with Gasteiger partial charge in [0.2, 0.25) is 7.37 Å². The third kappa shape index (κ3) is 2.53. The molecule has 0 aliphatic carbocycles. The SMILES string of the molecule is CC1(C)NC(P(=O)(O)c2ccccc2)C(C)(C)S1. The lowest BCUT2D eigenvalue weighted by Crippen LogP contribution is -2.42. The Morgan fingerprint density at radius 3 is 2.22 bits per heavy atom. The third-order valence-electron chi connectivity index (χ3n) is 3.14. The van der Waals surface area contributed by atoms with Crippen molar-refractivity contribution in [2.24, 2.45) is 0 Å². The van der Waals surface area contributed by atoms with Crippen molar-refractivity contribution >= 4 is 24.4 Å². The first-order valence-corrected chi connectivity index (χ1v) is 8.56. The van der Waals surface area contributed by atoms with E-state index in [9.17, 15) is 9.46 Å². The highest BCUT2D eigenvalue weighted by molar-refractivity contribution is 8.02. The predicted octanol–water partition coefficient (Wildman–Crippen LogP) is 2.76. The van der Waals surface area contributed by atoms with E-state index < -0.39 is 13.2 Å². The predicted molar refractivity (Wildman–Crippen MR) is 78.6 cm³/mol. The molecule has 0 amide bonds. The van der Waals surface area contributed by atoms with Crippen molar-refractivity contribution in [3.8, 4) is 0 Å². The summed E-state index contributed by atoms with van der Waals surface area (Å²) in [5, 5.41) is 3.83. The summed E-state index contributed by atoms with van der Waals surface area (Å²) in [6.07, 6.45) is 0. The maximum atomic E-state index is 12.8. The molecule has 1 aliphatic heterocycles. The molecule has 2 unspecified atom stereocenters. The van der Waals surface area contributed by atoms with Gasteiger partial charge in [0.15, 0.2) is 0 Å². The number of benzene rings is 1. The average molecular weight is 285 g/mol.